The fourth-order valence-electron chi connectivity index (χ4n) is 2.62. The van der Waals surface area contributed by atoms with E-state index in [0.717, 1.165) is 22.1 Å². The summed E-state index contributed by atoms with van der Waals surface area (Å²) in [5.41, 5.74) is 2.06. The quantitative estimate of drug-likeness (QED) is 0.458. The molecular weight excluding hydrogens is 424 g/mol. The van der Waals surface area contributed by atoms with E-state index in [1.807, 2.05) is 60.7 Å². The summed E-state index contributed by atoms with van der Waals surface area (Å²) in [5.74, 6) is 0.440. The summed E-state index contributed by atoms with van der Waals surface area (Å²) in [4.78, 5) is 18.3. The molecule has 146 valence electrons. The molecule has 0 atom stereocenters. The molecule has 0 bridgehead atoms. The average molecular weight is 441 g/mol. The van der Waals surface area contributed by atoms with Crippen LogP contribution in [0.25, 0.3) is 6.08 Å². The number of carbonyl (C=O) groups is 1. The number of hydrogen-bond acceptors (Lipinski definition) is 5. The monoisotopic (exact) mass is 440 g/mol. The molecule has 0 aliphatic carbocycles. The number of benzene rings is 2. The number of thioether (sulfide) groups is 1. The van der Waals surface area contributed by atoms with Gasteiger partial charge in [-0.15, -0.1) is 0 Å². The van der Waals surface area contributed by atoms with Gasteiger partial charge in [0.05, 0.1) is 10.6 Å². The Kier molecular flexibility index (Phi) is 6.13. The number of carbonyl (C=O) groups excluding carboxylic acids is 1. The molecule has 0 radical (unpaired) electrons. The Balaban J connectivity index is 1.45. The van der Waals surface area contributed by atoms with Gasteiger partial charge < -0.3 is 9.73 Å². The Morgan fingerprint density at radius 2 is 1.86 bits per heavy atom. The highest BCUT2D eigenvalue weighted by Gasteiger charge is 2.24. The average Bonchev–Trinajstić information content (AvgIpc) is 3.30. The molecule has 1 aromatic heterocycles. The first kappa shape index (κ1) is 19.9. The summed E-state index contributed by atoms with van der Waals surface area (Å²) < 4.78 is 5.83. The zero-order valence-electron chi connectivity index (χ0n) is 15.5. The molecule has 1 aliphatic rings. The van der Waals surface area contributed by atoms with Crippen LogP contribution in [0.3, 0.4) is 0 Å². The van der Waals surface area contributed by atoms with E-state index >= 15 is 0 Å². The third-order valence-electron chi connectivity index (χ3n) is 4.13. The van der Waals surface area contributed by atoms with E-state index in [1.165, 1.54) is 29.1 Å². The van der Waals surface area contributed by atoms with Crippen LogP contribution in [-0.4, -0.2) is 11.1 Å². The van der Waals surface area contributed by atoms with Gasteiger partial charge >= 0.3 is 0 Å². The van der Waals surface area contributed by atoms with Crippen LogP contribution in [0.5, 0.6) is 0 Å². The lowest BCUT2D eigenvalue weighted by molar-refractivity contribution is -0.115. The molecule has 1 fully saturated rings. The highest BCUT2D eigenvalue weighted by Crippen LogP contribution is 2.32. The van der Waals surface area contributed by atoms with Crippen molar-refractivity contribution in [3.05, 3.63) is 81.9 Å². The molecule has 4 nitrogen and oxygen atoms in total. The van der Waals surface area contributed by atoms with Crippen molar-refractivity contribution in [3.63, 3.8) is 0 Å². The van der Waals surface area contributed by atoms with E-state index in [9.17, 15) is 4.79 Å². The van der Waals surface area contributed by atoms with Crippen molar-refractivity contribution < 1.29 is 9.21 Å². The van der Waals surface area contributed by atoms with Crippen molar-refractivity contribution in [2.75, 3.05) is 0 Å². The fourth-order valence-corrected chi connectivity index (χ4v) is 4.35. The summed E-state index contributed by atoms with van der Waals surface area (Å²) in [5, 5.41) is 4.80. The second kappa shape index (κ2) is 8.95. The second-order valence-corrected chi connectivity index (χ2v) is 8.76. The Labute approximate surface area is 182 Å². The lowest BCUT2D eigenvalue weighted by Gasteiger charge is -1.98. The third kappa shape index (κ3) is 5.15. The number of aryl methyl sites for hydroxylation is 1. The normalized spacial score (nSPS) is 16.6. The van der Waals surface area contributed by atoms with Crippen LogP contribution in [0, 0.1) is 0 Å². The van der Waals surface area contributed by atoms with Crippen molar-refractivity contribution >= 4 is 58.0 Å². The molecule has 29 heavy (non-hydrogen) atoms. The molecule has 2 heterocycles. The number of halogens is 1. The topological polar surface area (TPSA) is 54.6 Å². The van der Waals surface area contributed by atoms with Crippen molar-refractivity contribution in [1.82, 2.24) is 5.32 Å². The first-order valence-corrected chi connectivity index (χ1v) is 11.0. The fraction of sp³-hybridized carbons (Fsp3) is 0.0909. The highest BCUT2D eigenvalue weighted by molar-refractivity contribution is 8.18. The molecule has 1 aliphatic heterocycles. The Morgan fingerprint density at radius 3 is 2.59 bits per heavy atom. The van der Waals surface area contributed by atoms with Crippen molar-refractivity contribution in [3.8, 4) is 0 Å². The van der Waals surface area contributed by atoms with Gasteiger partial charge in [0, 0.05) is 16.0 Å². The van der Waals surface area contributed by atoms with Crippen LogP contribution in [0.1, 0.15) is 18.2 Å². The lowest BCUT2D eigenvalue weighted by Crippen LogP contribution is -2.19. The van der Waals surface area contributed by atoms with Gasteiger partial charge in [-0.3, -0.25) is 4.79 Å². The smallest absolute Gasteiger partial charge is 0.264 e. The van der Waals surface area contributed by atoms with E-state index in [4.69, 9.17) is 16.0 Å². The molecule has 0 saturated carbocycles. The molecule has 1 amide bonds. The molecule has 1 N–H and O–H groups in total. The summed E-state index contributed by atoms with van der Waals surface area (Å²) >= 11 is 8.71. The van der Waals surface area contributed by atoms with Gasteiger partial charge in [0.25, 0.3) is 5.91 Å². The van der Waals surface area contributed by atoms with Gasteiger partial charge in [-0.05, 0) is 72.3 Å². The molecule has 2 aromatic carbocycles. The van der Waals surface area contributed by atoms with Gasteiger partial charge in [-0.2, -0.15) is 0 Å². The molecule has 0 spiro atoms. The van der Waals surface area contributed by atoms with Crippen LogP contribution in [-0.2, 0) is 11.2 Å². The van der Waals surface area contributed by atoms with Crippen LogP contribution in [0.15, 0.2) is 85.0 Å². The van der Waals surface area contributed by atoms with Crippen LogP contribution >= 0.6 is 35.1 Å². The van der Waals surface area contributed by atoms with Gasteiger partial charge in [-0.1, -0.05) is 42.4 Å². The van der Waals surface area contributed by atoms with Crippen molar-refractivity contribution in [1.29, 1.82) is 0 Å². The van der Waals surface area contributed by atoms with Crippen LogP contribution in [0.2, 0.25) is 5.02 Å². The lowest BCUT2D eigenvalue weighted by atomic mass is 10.2. The number of nitrogens with one attached hydrogen (secondary N) is 1. The summed E-state index contributed by atoms with van der Waals surface area (Å²) in [7, 11) is 0. The van der Waals surface area contributed by atoms with E-state index in [1.54, 1.807) is 6.08 Å². The number of aliphatic imine (C=N–C) groups is 1. The number of hydrogen-bond donors (Lipinski definition) is 1. The van der Waals surface area contributed by atoms with E-state index in [-0.39, 0.29) is 5.91 Å². The number of furan rings is 1. The van der Waals surface area contributed by atoms with E-state index in [0.29, 0.717) is 20.9 Å². The number of amides is 1. The Bertz CT molecular complexity index is 1090. The second-order valence-electron chi connectivity index (χ2n) is 6.21. The maximum absolute atomic E-state index is 12.3. The molecular formula is C22H17ClN2O2S2. The molecule has 4 rings (SSSR count). The molecule has 3 aromatic rings. The Hall–Kier alpha value is -2.41. The minimum absolute atomic E-state index is 0.178. The number of rotatable bonds is 5. The van der Waals surface area contributed by atoms with Crippen LogP contribution < -0.4 is 5.32 Å². The summed E-state index contributed by atoms with van der Waals surface area (Å²) in [6.07, 6.45) is 2.71. The SMILES string of the molecule is CCc1ccc(N=C2NC(=O)C(=Cc3ccc(Sc4ccc(Cl)cc4)o3)S2)cc1. The molecule has 0 unspecified atom stereocenters. The number of nitrogens with zero attached hydrogens (tertiary/aromatic N) is 1. The minimum atomic E-state index is -0.178. The maximum Gasteiger partial charge on any atom is 0.264 e. The standard InChI is InChI=1S/C22H17ClN2O2S2/c1-2-14-3-7-16(8-4-14)24-22-25-21(26)19(29-22)13-17-9-12-20(27-17)28-18-10-5-15(23)6-11-18/h3-13H,2H2,1H3,(H,24,25,26). The maximum atomic E-state index is 12.3. The third-order valence-corrected chi connectivity index (χ3v) is 6.22. The van der Waals surface area contributed by atoms with E-state index in [2.05, 4.69) is 17.2 Å². The summed E-state index contributed by atoms with van der Waals surface area (Å²) in [6.45, 7) is 2.11. The Morgan fingerprint density at radius 1 is 1.10 bits per heavy atom. The largest absolute Gasteiger partial charge is 0.450 e. The zero-order chi connectivity index (χ0) is 20.2. The molecule has 7 heteroatoms. The van der Waals surface area contributed by atoms with Gasteiger partial charge in [0.15, 0.2) is 10.3 Å². The van der Waals surface area contributed by atoms with Crippen molar-refractivity contribution in [2.45, 2.75) is 23.3 Å². The number of amidine groups is 1. The highest BCUT2D eigenvalue weighted by atomic mass is 35.5. The molecule has 1 saturated heterocycles. The van der Waals surface area contributed by atoms with E-state index < -0.39 is 0 Å². The predicted molar refractivity (Wildman–Crippen MR) is 121 cm³/mol. The first-order valence-electron chi connectivity index (χ1n) is 9.01. The first-order chi connectivity index (χ1) is 14.1. The van der Waals surface area contributed by atoms with Gasteiger partial charge in [-0.25, -0.2) is 4.99 Å². The van der Waals surface area contributed by atoms with Crippen molar-refractivity contribution in [2.24, 2.45) is 4.99 Å². The zero-order valence-corrected chi connectivity index (χ0v) is 17.9. The predicted octanol–water partition coefficient (Wildman–Crippen LogP) is 6.54. The van der Waals surface area contributed by atoms with Gasteiger partial charge in [0.2, 0.25) is 0 Å². The minimum Gasteiger partial charge on any atom is -0.450 e. The summed E-state index contributed by atoms with van der Waals surface area (Å²) in [6, 6.07) is 19.3. The van der Waals surface area contributed by atoms with Crippen LogP contribution in [0.4, 0.5) is 5.69 Å². The van der Waals surface area contributed by atoms with Gasteiger partial charge in [0.1, 0.15) is 5.76 Å².